The van der Waals surface area contributed by atoms with Gasteiger partial charge in [-0.1, -0.05) is 41.9 Å². The molecule has 0 fully saturated rings. The molecule has 2 aromatic carbocycles. The van der Waals surface area contributed by atoms with Gasteiger partial charge in [-0.05, 0) is 30.7 Å². The number of nitrogens with one attached hydrogen (secondary N) is 2. The lowest BCUT2D eigenvalue weighted by Gasteiger charge is -2.20. The minimum absolute atomic E-state index is 0.172. The van der Waals surface area contributed by atoms with E-state index in [0.717, 1.165) is 5.56 Å². The predicted octanol–water partition coefficient (Wildman–Crippen LogP) is 2.50. The van der Waals surface area contributed by atoms with E-state index in [1.165, 1.54) is 20.1 Å². The number of rotatable bonds is 8. The van der Waals surface area contributed by atoms with Gasteiger partial charge in [-0.2, -0.15) is 0 Å². The van der Waals surface area contributed by atoms with Crippen LogP contribution in [0.1, 0.15) is 12.5 Å². The average molecular weight is 420 g/mol. The molecule has 0 aromatic heterocycles. The fourth-order valence-corrected chi connectivity index (χ4v) is 2.77. The lowest BCUT2D eigenvalue weighted by molar-refractivity contribution is -0.155. The minimum atomic E-state index is -1.11. The molecule has 0 unspecified atom stereocenters. The summed E-state index contributed by atoms with van der Waals surface area (Å²) in [5, 5.41) is 5.27. The van der Waals surface area contributed by atoms with Crippen molar-refractivity contribution in [3.8, 4) is 5.75 Å². The van der Waals surface area contributed by atoms with E-state index in [1.807, 2.05) is 6.07 Å². The highest BCUT2D eigenvalue weighted by molar-refractivity contribution is 6.32. The molecule has 154 valence electrons. The van der Waals surface area contributed by atoms with E-state index >= 15 is 0 Å². The number of benzene rings is 2. The molecule has 0 bridgehead atoms. The SMILES string of the molecule is COc1ccc(NC(=O)[C@@H](C)OC(=O)[C@H](Cc2ccccc2)NC(N)=O)cc1Cl. The molecule has 0 spiro atoms. The minimum Gasteiger partial charge on any atom is -0.495 e. The van der Waals surface area contributed by atoms with E-state index in [9.17, 15) is 14.4 Å². The Morgan fingerprint density at radius 1 is 1.14 bits per heavy atom. The zero-order valence-electron chi connectivity index (χ0n) is 16.0. The largest absolute Gasteiger partial charge is 0.495 e. The van der Waals surface area contributed by atoms with Crippen LogP contribution in [0.4, 0.5) is 10.5 Å². The molecule has 0 saturated heterocycles. The molecule has 3 amide bonds. The van der Waals surface area contributed by atoms with E-state index in [-0.39, 0.29) is 6.42 Å². The van der Waals surface area contributed by atoms with Gasteiger partial charge in [0.25, 0.3) is 5.91 Å². The van der Waals surface area contributed by atoms with Gasteiger partial charge in [0.05, 0.1) is 12.1 Å². The highest BCUT2D eigenvalue weighted by Gasteiger charge is 2.26. The van der Waals surface area contributed by atoms with Gasteiger partial charge in [0.15, 0.2) is 6.10 Å². The van der Waals surface area contributed by atoms with Crippen molar-refractivity contribution in [2.45, 2.75) is 25.5 Å². The second-order valence-corrected chi connectivity index (χ2v) is 6.58. The summed E-state index contributed by atoms with van der Waals surface area (Å²) in [5.41, 5.74) is 6.37. The Bertz CT molecular complexity index is 876. The van der Waals surface area contributed by atoms with Crippen molar-refractivity contribution in [2.24, 2.45) is 5.73 Å². The van der Waals surface area contributed by atoms with Gasteiger partial charge >= 0.3 is 12.0 Å². The zero-order chi connectivity index (χ0) is 21.4. The Kier molecular flexibility index (Phi) is 7.85. The number of nitrogens with two attached hydrogens (primary N) is 1. The Hall–Kier alpha value is -3.26. The number of hydrogen-bond donors (Lipinski definition) is 3. The van der Waals surface area contributed by atoms with Gasteiger partial charge < -0.3 is 25.8 Å². The third kappa shape index (κ3) is 6.69. The number of primary amides is 1. The van der Waals surface area contributed by atoms with Gasteiger partial charge in [-0.25, -0.2) is 9.59 Å². The van der Waals surface area contributed by atoms with Crippen molar-refractivity contribution >= 4 is 35.2 Å². The standard InChI is InChI=1S/C20H22ClN3O5/c1-12(18(25)23-14-8-9-17(28-2)15(21)11-14)29-19(26)16(24-20(22)27)10-13-6-4-3-5-7-13/h3-9,11-12,16H,10H2,1-2H3,(H,23,25)(H3,22,24,27)/t12-,16+/m1/s1. The number of carbonyl (C=O) groups excluding carboxylic acids is 3. The molecule has 9 heteroatoms. The molecule has 2 aromatic rings. The van der Waals surface area contributed by atoms with Crippen LogP contribution in [0, 0.1) is 0 Å². The average Bonchev–Trinajstić information content (AvgIpc) is 2.68. The molecule has 0 aliphatic heterocycles. The molecule has 0 aliphatic carbocycles. The van der Waals surface area contributed by atoms with Crippen LogP contribution in [-0.4, -0.2) is 37.2 Å². The molecule has 0 aliphatic rings. The molecule has 4 N–H and O–H groups in total. The van der Waals surface area contributed by atoms with Crippen molar-refractivity contribution < 1.29 is 23.9 Å². The van der Waals surface area contributed by atoms with E-state index in [2.05, 4.69) is 10.6 Å². The maximum absolute atomic E-state index is 12.5. The highest BCUT2D eigenvalue weighted by Crippen LogP contribution is 2.27. The first-order valence-corrected chi connectivity index (χ1v) is 9.12. The van der Waals surface area contributed by atoms with Crippen LogP contribution in [0.5, 0.6) is 5.75 Å². The van der Waals surface area contributed by atoms with Crippen molar-refractivity contribution in [1.29, 1.82) is 0 Å². The van der Waals surface area contributed by atoms with Gasteiger partial charge in [0, 0.05) is 12.1 Å². The van der Waals surface area contributed by atoms with Crippen LogP contribution in [-0.2, 0) is 20.7 Å². The lowest BCUT2D eigenvalue weighted by Crippen LogP contribution is -2.47. The topological polar surface area (TPSA) is 120 Å². The van der Waals surface area contributed by atoms with E-state index in [0.29, 0.717) is 16.5 Å². The van der Waals surface area contributed by atoms with E-state index in [4.69, 9.17) is 26.8 Å². The van der Waals surface area contributed by atoms with Crippen LogP contribution >= 0.6 is 11.6 Å². The number of esters is 1. The van der Waals surface area contributed by atoms with Gasteiger partial charge in [0.1, 0.15) is 11.8 Å². The first-order valence-electron chi connectivity index (χ1n) is 8.75. The van der Waals surface area contributed by atoms with Crippen molar-refractivity contribution in [3.05, 3.63) is 59.1 Å². The second-order valence-electron chi connectivity index (χ2n) is 6.17. The Morgan fingerprint density at radius 2 is 1.83 bits per heavy atom. The van der Waals surface area contributed by atoms with Gasteiger partial charge in [-0.15, -0.1) is 0 Å². The van der Waals surface area contributed by atoms with Crippen LogP contribution in [0.25, 0.3) is 0 Å². The molecular formula is C20H22ClN3O5. The van der Waals surface area contributed by atoms with Crippen LogP contribution < -0.4 is 21.1 Å². The normalized spacial score (nSPS) is 12.4. The van der Waals surface area contributed by atoms with Crippen LogP contribution in [0.2, 0.25) is 5.02 Å². The Labute approximate surface area is 173 Å². The maximum Gasteiger partial charge on any atom is 0.329 e. The van der Waals surface area contributed by atoms with Crippen molar-refractivity contribution in [2.75, 3.05) is 12.4 Å². The molecule has 0 heterocycles. The molecular weight excluding hydrogens is 398 g/mol. The molecule has 0 radical (unpaired) electrons. The number of carbonyl (C=O) groups is 3. The van der Waals surface area contributed by atoms with Gasteiger partial charge in [-0.3, -0.25) is 4.79 Å². The molecule has 2 atom stereocenters. The summed E-state index contributed by atoms with van der Waals surface area (Å²) in [6.45, 7) is 1.42. The number of ether oxygens (including phenoxy) is 2. The predicted molar refractivity (Wildman–Crippen MR) is 109 cm³/mol. The molecule has 8 nitrogen and oxygen atoms in total. The van der Waals surface area contributed by atoms with Crippen molar-refractivity contribution in [3.63, 3.8) is 0 Å². The number of anilines is 1. The Morgan fingerprint density at radius 3 is 2.41 bits per heavy atom. The highest BCUT2D eigenvalue weighted by atomic mass is 35.5. The molecule has 0 saturated carbocycles. The summed E-state index contributed by atoms with van der Waals surface area (Å²) in [4.78, 5) is 36.1. The fourth-order valence-electron chi connectivity index (χ4n) is 2.51. The smallest absolute Gasteiger partial charge is 0.329 e. The molecule has 29 heavy (non-hydrogen) atoms. The number of amides is 3. The summed E-state index contributed by atoms with van der Waals surface area (Å²) < 4.78 is 10.3. The van der Waals surface area contributed by atoms with Crippen LogP contribution in [0.3, 0.4) is 0 Å². The van der Waals surface area contributed by atoms with E-state index < -0.39 is 30.1 Å². The maximum atomic E-state index is 12.5. The number of methoxy groups -OCH3 is 1. The summed E-state index contributed by atoms with van der Waals surface area (Å²) in [6.07, 6.45) is -0.943. The van der Waals surface area contributed by atoms with Crippen LogP contribution in [0.15, 0.2) is 48.5 Å². The molecule has 2 rings (SSSR count). The quantitative estimate of drug-likeness (QED) is 0.568. The summed E-state index contributed by atoms with van der Waals surface area (Å²) in [7, 11) is 1.48. The third-order valence-electron chi connectivity index (χ3n) is 3.97. The first-order chi connectivity index (χ1) is 13.8. The summed E-state index contributed by atoms with van der Waals surface area (Å²) in [6, 6.07) is 11.9. The lowest BCUT2D eigenvalue weighted by atomic mass is 10.1. The first kappa shape index (κ1) is 22.0. The van der Waals surface area contributed by atoms with Crippen molar-refractivity contribution in [1.82, 2.24) is 5.32 Å². The zero-order valence-corrected chi connectivity index (χ0v) is 16.7. The third-order valence-corrected chi connectivity index (χ3v) is 4.26. The Balaban J connectivity index is 2.00. The number of halogens is 1. The monoisotopic (exact) mass is 419 g/mol. The fraction of sp³-hybridized carbons (Fsp3) is 0.250. The summed E-state index contributed by atoms with van der Waals surface area (Å²) in [5.74, 6) is -0.870. The second kappa shape index (κ2) is 10.3. The van der Waals surface area contributed by atoms with E-state index in [1.54, 1.807) is 36.4 Å². The summed E-state index contributed by atoms with van der Waals surface area (Å²) >= 11 is 6.03. The number of urea groups is 1. The van der Waals surface area contributed by atoms with Gasteiger partial charge in [0.2, 0.25) is 0 Å². The number of hydrogen-bond acceptors (Lipinski definition) is 5.